The van der Waals surface area contributed by atoms with Gasteiger partial charge in [-0.05, 0) is 56.0 Å². The van der Waals surface area contributed by atoms with Crippen LogP contribution in [0.5, 0.6) is 0 Å². The van der Waals surface area contributed by atoms with Crippen molar-refractivity contribution in [2.24, 2.45) is 5.92 Å². The Morgan fingerprint density at radius 2 is 1.65 bits per heavy atom. The Bertz CT molecular complexity index is 708. The quantitative estimate of drug-likeness (QED) is 0.837. The van der Waals surface area contributed by atoms with Crippen LogP contribution in [0.3, 0.4) is 0 Å². The van der Waals surface area contributed by atoms with Gasteiger partial charge >= 0.3 is 0 Å². The standard InChI is InChI=1S/C21H24F2N2O/c22-18-7-4-8-19(23)21(18)24-20(26)11-14-25-12-9-17(10-13-25)15-16-5-2-1-3-6-16/h1-8,17H,9-15H2,(H,24,26). The molecule has 0 spiro atoms. The SMILES string of the molecule is O=C(CCN1CCC(Cc2ccccc2)CC1)Nc1c(F)cccc1F. The van der Waals surface area contributed by atoms with E-state index < -0.39 is 11.6 Å². The van der Waals surface area contributed by atoms with Gasteiger partial charge in [0.05, 0.1) is 0 Å². The van der Waals surface area contributed by atoms with Crippen LogP contribution in [0, 0.1) is 17.6 Å². The van der Waals surface area contributed by atoms with Crippen LogP contribution in [0.4, 0.5) is 14.5 Å². The summed E-state index contributed by atoms with van der Waals surface area (Å²) in [5.74, 6) is -1.18. The average Bonchev–Trinajstić information content (AvgIpc) is 2.65. The Balaban J connectivity index is 1.40. The molecule has 1 amide bonds. The van der Waals surface area contributed by atoms with Crippen LogP contribution >= 0.6 is 0 Å². The molecule has 1 aliphatic rings. The lowest BCUT2D eigenvalue weighted by Crippen LogP contribution is -2.36. The molecule has 0 bridgehead atoms. The van der Waals surface area contributed by atoms with E-state index in [2.05, 4.69) is 34.5 Å². The number of halogens is 2. The molecule has 2 aromatic rings. The average molecular weight is 358 g/mol. The molecule has 2 aromatic carbocycles. The largest absolute Gasteiger partial charge is 0.321 e. The monoisotopic (exact) mass is 358 g/mol. The summed E-state index contributed by atoms with van der Waals surface area (Å²) >= 11 is 0. The van der Waals surface area contributed by atoms with Crippen molar-refractivity contribution in [1.82, 2.24) is 4.90 Å². The number of carbonyl (C=O) groups is 1. The fourth-order valence-corrected chi connectivity index (χ4v) is 3.44. The Labute approximate surface area is 153 Å². The van der Waals surface area contributed by atoms with Crippen LogP contribution in [0.2, 0.25) is 0 Å². The number of hydrogen-bond donors (Lipinski definition) is 1. The molecular formula is C21H24F2N2O. The van der Waals surface area contributed by atoms with Gasteiger partial charge in [-0.1, -0.05) is 36.4 Å². The molecule has 3 nitrogen and oxygen atoms in total. The first kappa shape index (κ1) is 18.5. The molecule has 3 rings (SSSR count). The van der Waals surface area contributed by atoms with Crippen molar-refractivity contribution in [1.29, 1.82) is 0 Å². The number of nitrogens with one attached hydrogen (secondary N) is 1. The minimum Gasteiger partial charge on any atom is -0.321 e. The lowest BCUT2D eigenvalue weighted by Gasteiger charge is -2.31. The molecule has 1 fully saturated rings. The minimum atomic E-state index is -0.750. The molecule has 138 valence electrons. The van der Waals surface area contributed by atoms with E-state index in [1.54, 1.807) is 0 Å². The fraction of sp³-hybridized carbons (Fsp3) is 0.381. The molecule has 5 heteroatoms. The van der Waals surface area contributed by atoms with Crippen molar-refractivity contribution in [3.63, 3.8) is 0 Å². The molecule has 0 atom stereocenters. The van der Waals surface area contributed by atoms with Gasteiger partial charge in [-0.25, -0.2) is 8.78 Å². The summed E-state index contributed by atoms with van der Waals surface area (Å²) in [5.41, 5.74) is 1.01. The van der Waals surface area contributed by atoms with E-state index >= 15 is 0 Å². The molecule has 26 heavy (non-hydrogen) atoms. The first-order valence-electron chi connectivity index (χ1n) is 9.12. The number of anilines is 1. The van der Waals surface area contributed by atoms with E-state index in [1.165, 1.54) is 11.6 Å². The van der Waals surface area contributed by atoms with Gasteiger partial charge in [0.25, 0.3) is 0 Å². The molecule has 0 saturated carbocycles. The summed E-state index contributed by atoms with van der Waals surface area (Å²) < 4.78 is 27.1. The lowest BCUT2D eigenvalue weighted by atomic mass is 9.90. The van der Waals surface area contributed by atoms with Crippen LogP contribution in [0.1, 0.15) is 24.8 Å². The topological polar surface area (TPSA) is 32.3 Å². The summed E-state index contributed by atoms with van der Waals surface area (Å²) in [6.45, 7) is 2.53. The molecule has 1 aliphatic heterocycles. The summed E-state index contributed by atoms with van der Waals surface area (Å²) in [7, 11) is 0. The number of likely N-dealkylation sites (tertiary alicyclic amines) is 1. The number of hydrogen-bond acceptors (Lipinski definition) is 2. The van der Waals surface area contributed by atoms with Crippen LogP contribution in [0.25, 0.3) is 0 Å². The van der Waals surface area contributed by atoms with Gasteiger partial charge in [-0.2, -0.15) is 0 Å². The summed E-state index contributed by atoms with van der Waals surface area (Å²) in [5, 5.41) is 2.34. The van der Waals surface area contributed by atoms with Gasteiger partial charge in [0, 0.05) is 13.0 Å². The Hall–Kier alpha value is -2.27. The molecule has 0 aliphatic carbocycles. The Kier molecular flexibility index (Phi) is 6.34. The smallest absolute Gasteiger partial charge is 0.225 e. The molecule has 0 unspecified atom stereocenters. The Morgan fingerprint density at radius 3 is 2.31 bits per heavy atom. The van der Waals surface area contributed by atoms with Crippen LogP contribution < -0.4 is 5.32 Å². The molecule has 1 N–H and O–H groups in total. The fourth-order valence-electron chi connectivity index (χ4n) is 3.44. The second-order valence-electron chi connectivity index (χ2n) is 6.87. The minimum absolute atomic E-state index is 0.233. The van der Waals surface area contributed by atoms with Crippen LogP contribution in [-0.4, -0.2) is 30.4 Å². The summed E-state index contributed by atoms with van der Waals surface area (Å²) in [4.78, 5) is 14.2. The molecular weight excluding hydrogens is 334 g/mol. The predicted octanol–water partition coefficient (Wildman–Crippen LogP) is 4.25. The summed E-state index contributed by atoms with van der Waals surface area (Å²) in [6, 6.07) is 14.1. The van der Waals surface area contributed by atoms with Crippen molar-refractivity contribution in [2.75, 3.05) is 25.0 Å². The zero-order valence-electron chi connectivity index (χ0n) is 14.8. The van der Waals surface area contributed by atoms with E-state index in [4.69, 9.17) is 0 Å². The number of piperidine rings is 1. The van der Waals surface area contributed by atoms with Crippen LogP contribution in [-0.2, 0) is 11.2 Å². The third kappa shape index (κ3) is 5.11. The third-order valence-corrected chi connectivity index (χ3v) is 4.96. The van der Waals surface area contributed by atoms with E-state index in [0.29, 0.717) is 12.5 Å². The predicted molar refractivity (Wildman–Crippen MR) is 98.9 cm³/mol. The second kappa shape index (κ2) is 8.90. The van der Waals surface area contributed by atoms with E-state index in [-0.39, 0.29) is 18.0 Å². The number of nitrogens with zero attached hydrogens (tertiary/aromatic N) is 1. The van der Waals surface area contributed by atoms with Gasteiger partial charge in [-0.15, -0.1) is 0 Å². The van der Waals surface area contributed by atoms with Crippen molar-refractivity contribution in [2.45, 2.75) is 25.7 Å². The third-order valence-electron chi connectivity index (χ3n) is 4.96. The van der Waals surface area contributed by atoms with Crippen molar-refractivity contribution in [3.05, 3.63) is 65.7 Å². The number of benzene rings is 2. The van der Waals surface area contributed by atoms with Crippen molar-refractivity contribution < 1.29 is 13.6 Å². The number of amides is 1. The molecule has 0 radical (unpaired) electrons. The lowest BCUT2D eigenvalue weighted by molar-refractivity contribution is -0.116. The van der Waals surface area contributed by atoms with Gasteiger partial charge in [0.1, 0.15) is 17.3 Å². The zero-order valence-corrected chi connectivity index (χ0v) is 14.8. The van der Waals surface area contributed by atoms with Gasteiger partial charge in [0.15, 0.2) is 0 Å². The zero-order chi connectivity index (χ0) is 18.4. The summed E-state index contributed by atoms with van der Waals surface area (Å²) in [6.07, 6.45) is 3.55. The normalized spacial score (nSPS) is 15.8. The maximum atomic E-state index is 13.6. The number of para-hydroxylation sites is 1. The number of rotatable bonds is 6. The molecule has 1 heterocycles. The van der Waals surface area contributed by atoms with Gasteiger partial charge in [-0.3, -0.25) is 4.79 Å². The van der Waals surface area contributed by atoms with Gasteiger partial charge in [0.2, 0.25) is 5.91 Å². The van der Waals surface area contributed by atoms with Gasteiger partial charge < -0.3 is 10.2 Å². The maximum Gasteiger partial charge on any atom is 0.225 e. The highest BCUT2D eigenvalue weighted by molar-refractivity contribution is 5.91. The van der Waals surface area contributed by atoms with E-state index in [0.717, 1.165) is 44.5 Å². The second-order valence-corrected chi connectivity index (χ2v) is 6.87. The number of carbonyl (C=O) groups excluding carboxylic acids is 1. The van der Waals surface area contributed by atoms with Crippen LogP contribution in [0.15, 0.2) is 48.5 Å². The Morgan fingerprint density at radius 1 is 1.00 bits per heavy atom. The van der Waals surface area contributed by atoms with E-state index in [9.17, 15) is 13.6 Å². The molecule has 0 aromatic heterocycles. The highest BCUT2D eigenvalue weighted by atomic mass is 19.1. The van der Waals surface area contributed by atoms with E-state index in [1.807, 2.05) is 6.07 Å². The molecule has 1 saturated heterocycles. The van der Waals surface area contributed by atoms with Crippen molar-refractivity contribution in [3.8, 4) is 0 Å². The highest BCUT2D eigenvalue weighted by Crippen LogP contribution is 2.22. The maximum absolute atomic E-state index is 13.6. The first-order valence-corrected chi connectivity index (χ1v) is 9.12. The van der Waals surface area contributed by atoms with Crippen molar-refractivity contribution >= 4 is 11.6 Å². The highest BCUT2D eigenvalue weighted by Gasteiger charge is 2.20. The first-order chi connectivity index (χ1) is 12.6.